The quantitative estimate of drug-likeness (QED) is 0.357. The molecule has 1 aromatic heterocycles. The van der Waals surface area contributed by atoms with Crippen LogP contribution < -0.4 is 0 Å². The number of halogens is 3. The van der Waals surface area contributed by atoms with E-state index in [1.807, 2.05) is 0 Å². The van der Waals surface area contributed by atoms with Gasteiger partial charge in [0.15, 0.2) is 0 Å². The molecule has 1 rings (SSSR count). The molecule has 0 aliphatic rings. The first-order chi connectivity index (χ1) is 8.86. The van der Waals surface area contributed by atoms with Crippen molar-refractivity contribution < 1.29 is 23.2 Å². The lowest BCUT2D eigenvalue weighted by atomic mass is 10.1. The van der Waals surface area contributed by atoms with Crippen molar-refractivity contribution in [1.82, 2.24) is 4.98 Å². The molecule has 104 valence electrons. The Hall–Kier alpha value is -1.64. The summed E-state index contributed by atoms with van der Waals surface area (Å²) in [6.45, 7) is 1.75. The zero-order valence-corrected chi connectivity index (χ0v) is 11.3. The first kappa shape index (κ1) is 15.4. The van der Waals surface area contributed by atoms with Gasteiger partial charge in [-0.05, 0) is 22.9 Å². The number of nitrogens with zero attached hydrogens (tertiary/aromatic N) is 2. The Bertz CT molecular complexity index is 511. The summed E-state index contributed by atoms with van der Waals surface area (Å²) in [4.78, 5) is 24.3. The number of ether oxygens (including phenoxy) is 1. The van der Waals surface area contributed by atoms with E-state index in [2.05, 4.69) is 25.7 Å². The average molecular weight is 339 g/mol. The zero-order chi connectivity index (χ0) is 14.6. The van der Waals surface area contributed by atoms with Gasteiger partial charge in [0.1, 0.15) is 5.56 Å². The van der Waals surface area contributed by atoms with Gasteiger partial charge in [-0.3, -0.25) is 4.79 Å². The summed E-state index contributed by atoms with van der Waals surface area (Å²) in [6.07, 6.45) is -3.35. The number of carbonyl (C=O) groups is 1. The Kier molecular flexibility index (Phi) is 5.28. The van der Waals surface area contributed by atoms with Gasteiger partial charge in [-0.25, -0.2) is 8.78 Å². The summed E-state index contributed by atoms with van der Waals surface area (Å²) in [6, 6.07) is 0.886. The molecular weight excluding hydrogens is 330 g/mol. The van der Waals surface area contributed by atoms with E-state index in [1.165, 1.54) is 0 Å². The third kappa shape index (κ3) is 3.91. The molecule has 1 heterocycles. The van der Waals surface area contributed by atoms with Crippen LogP contribution in [0.5, 0.6) is 0 Å². The molecule has 19 heavy (non-hydrogen) atoms. The Morgan fingerprint density at radius 3 is 2.74 bits per heavy atom. The number of esters is 1. The first-order valence-corrected chi connectivity index (χ1v) is 5.93. The van der Waals surface area contributed by atoms with Crippen molar-refractivity contribution in [2.75, 3.05) is 6.61 Å². The second-order valence-corrected chi connectivity index (χ2v) is 4.14. The van der Waals surface area contributed by atoms with E-state index in [0.29, 0.717) is 0 Å². The van der Waals surface area contributed by atoms with E-state index in [4.69, 9.17) is 0 Å². The third-order valence-electron chi connectivity index (χ3n) is 2.11. The Labute approximate surface area is 115 Å². The molecule has 0 fully saturated rings. The molecule has 9 heteroatoms. The molecule has 0 amide bonds. The summed E-state index contributed by atoms with van der Waals surface area (Å²) in [5.41, 5.74) is -0.716. The van der Waals surface area contributed by atoms with Gasteiger partial charge in [-0.15, -0.1) is 0 Å². The van der Waals surface area contributed by atoms with Gasteiger partial charge in [0.2, 0.25) is 4.60 Å². The molecule has 0 aromatic carbocycles. The molecule has 0 unspecified atom stereocenters. The second-order valence-electron chi connectivity index (χ2n) is 3.39. The van der Waals surface area contributed by atoms with Gasteiger partial charge in [0, 0.05) is 21.5 Å². The summed E-state index contributed by atoms with van der Waals surface area (Å²) >= 11 is 2.91. The normalized spacial score (nSPS) is 10.6. The molecule has 0 bridgehead atoms. The minimum atomic E-state index is -3.05. The number of alkyl halides is 2. The summed E-state index contributed by atoms with van der Waals surface area (Å²) in [7, 11) is 0. The largest absolute Gasteiger partial charge is 0.466 e. The van der Waals surface area contributed by atoms with Gasteiger partial charge in [-0.2, -0.15) is 0 Å². The van der Waals surface area contributed by atoms with Crippen molar-refractivity contribution in [2.45, 2.75) is 19.8 Å². The minimum absolute atomic E-state index is 0.0309. The maximum absolute atomic E-state index is 12.7. The molecule has 6 nitrogen and oxygen atoms in total. The van der Waals surface area contributed by atoms with E-state index in [-0.39, 0.29) is 23.2 Å². The predicted octanol–water partition coefficient (Wildman–Crippen LogP) is 2.80. The lowest BCUT2D eigenvalue weighted by Crippen LogP contribution is -2.10. The molecule has 0 radical (unpaired) electrons. The molecule has 0 saturated heterocycles. The Morgan fingerprint density at radius 2 is 2.26 bits per heavy atom. The summed E-state index contributed by atoms with van der Waals surface area (Å²) < 4.78 is 30.1. The highest BCUT2D eigenvalue weighted by Gasteiger charge is 2.27. The highest BCUT2D eigenvalue weighted by atomic mass is 79.9. The van der Waals surface area contributed by atoms with Crippen LogP contribution in [0.1, 0.15) is 24.5 Å². The topological polar surface area (TPSA) is 82.3 Å². The number of hydrogen-bond acceptors (Lipinski definition) is 5. The van der Waals surface area contributed by atoms with Crippen molar-refractivity contribution >= 4 is 27.7 Å². The standard InChI is InChI=1S/C10H9BrF2N2O4/c1-2-19-7(16)4-5-3-6(9(12)13)10(15(17)18)14-8(5)11/h3,9H,2,4H2,1H3. The van der Waals surface area contributed by atoms with E-state index in [0.717, 1.165) is 6.07 Å². The van der Waals surface area contributed by atoms with Gasteiger partial charge >= 0.3 is 11.8 Å². The SMILES string of the molecule is CCOC(=O)Cc1cc(C(F)F)c([N+](=O)[O-])nc1Br. The maximum atomic E-state index is 12.7. The number of hydrogen-bond donors (Lipinski definition) is 0. The van der Waals surface area contributed by atoms with Gasteiger partial charge in [0.05, 0.1) is 13.0 Å². The highest BCUT2D eigenvalue weighted by Crippen LogP contribution is 2.31. The highest BCUT2D eigenvalue weighted by molar-refractivity contribution is 9.10. The smallest absolute Gasteiger partial charge is 0.373 e. The minimum Gasteiger partial charge on any atom is -0.466 e. The van der Waals surface area contributed by atoms with Gasteiger partial charge in [-0.1, -0.05) is 0 Å². The maximum Gasteiger partial charge on any atom is 0.373 e. The van der Waals surface area contributed by atoms with Crippen molar-refractivity contribution in [1.29, 1.82) is 0 Å². The average Bonchev–Trinajstić information content (AvgIpc) is 2.31. The first-order valence-electron chi connectivity index (χ1n) is 5.14. The Morgan fingerprint density at radius 1 is 1.63 bits per heavy atom. The van der Waals surface area contributed by atoms with Crippen LogP contribution in [0.15, 0.2) is 10.7 Å². The molecule has 0 aliphatic carbocycles. The number of rotatable bonds is 5. The van der Waals surface area contributed by atoms with Crippen molar-refractivity contribution in [3.8, 4) is 0 Å². The zero-order valence-electron chi connectivity index (χ0n) is 9.73. The fourth-order valence-electron chi connectivity index (χ4n) is 1.34. The van der Waals surface area contributed by atoms with Crippen LogP contribution in [0.2, 0.25) is 0 Å². The van der Waals surface area contributed by atoms with Crippen LogP contribution in [0.3, 0.4) is 0 Å². The van der Waals surface area contributed by atoms with E-state index >= 15 is 0 Å². The molecule has 0 saturated carbocycles. The van der Waals surface area contributed by atoms with Gasteiger partial charge in [0.25, 0.3) is 6.43 Å². The fourth-order valence-corrected chi connectivity index (χ4v) is 1.76. The van der Waals surface area contributed by atoms with Crippen LogP contribution in [0, 0.1) is 10.1 Å². The molecular formula is C10H9BrF2N2O4. The van der Waals surface area contributed by atoms with E-state index in [1.54, 1.807) is 6.92 Å². The molecule has 0 aliphatic heterocycles. The second kappa shape index (κ2) is 6.50. The number of carbonyl (C=O) groups excluding carboxylic acids is 1. The molecule has 0 atom stereocenters. The number of pyridine rings is 1. The van der Waals surface area contributed by atoms with Crippen LogP contribution in [0.25, 0.3) is 0 Å². The lowest BCUT2D eigenvalue weighted by Gasteiger charge is -2.06. The number of nitro groups is 1. The Balaban J connectivity index is 3.17. The summed E-state index contributed by atoms with van der Waals surface area (Å²) in [5, 5.41) is 10.6. The van der Waals surface area contributed by atoms with Crippen molar-refractivity contribution in [3.63, 3.8) is 0 Å². The number of aromatic nitrogens is 1. The molecule has 0 N–H and O–H groups in total. The summed E-state index contributed by atoms with van der Waals surface area (Å²) in [5.74, 6) is -1.56. The van der Waals surface area contributed by atoms with E-state index in [9.17, 15) is 23.7 Å². The third-order valence-corrected chi connectivity index (χ3v) is 2.79. The monoisotopic (exact) mass is 338 g/mol. The van der Waals surface area contributed by atoms with Crippen LogP contribution >= 0.6 is 15.9 Å². The lowest BCUT2D eigenvalue weighted by molar-refractivity contribution is -0.391. The van der Waals surface area contributed by atoms with E-state index < -0.39 is 28.7 Å². The van der Waals surface area contributed by atoms with Crippen LogP contribution in [-0.4, -0.2) is 22.5 Å². The fraction of sp³-hybridized carbons (Fsp3) is 0.400. The van der Waals surface area contributed by atoms with Crippen LogP contribution in [-0.2, 0) is 16.0 Å². The van der Waals surface area contributed by atoms with Crippen LogP contribution in [0.4, 0.5) is 14.6 Å². The van der Waals surface area contributed by atoms with Gasteiger partial charge < -0.3 is 14.9 Å². The van der Waals surface area contributed by atoms with Crippen molar-refractivity contribution in [2.24, 2.45) is 0 Å². The molecule has 1 aromatic rings. The predicted molar refractivity (Wildman–Crippen MR) is 63.9 cm³/mol. The van der Waals surface area contributed by atoms with Crippen molar-refractivity contribution in [3.05, 3.63) is 31.9 Å². The molecule has 0 spiro atoms.